The SMILES string of the molecule is Cc1cc(N(C)S(=O)(=O)c2ccc3ccccc3c2)ccc1Br. The highest BCUT2D eigenvalue weighted by molar-refractivity contribution is 9.10. The Labute approximate surface area is 144 Å². The van der Waals surface area contributed by atoms with Crippen molar-refractivity contribution in [3.8, 4) is 0 Å². The summed E-state index contributed by atoms with van der Waals surface area (Å²) in [7, 11) is -2.02. The molecule has 0 radical (unpaired) electrons. The lowest BCUT2D eigenvalue weighted by atomic mass is 10.1. The number of anilines is 1. The molecule has 3 nitrogen and oxygen atoms in total. The topological polar surface area (TPSA) is 37.4 Å². The van der Waals surface area contributed by atoms with Crippen LogP contribution in [0.5, 0.6) is 0 Å². The van der Waals surface area contributed by atoms with Crippen LogP contribution in [0.1, 0.15) is 5.56 Å². The molecule has 0 N–H and O–H groups in total. The van der Waals surface area contributed by atoms with E-state index in [2.05, 4.69) is 15.9 Å². The van der Waals surface area contributed by atoms with Crippen LogP contribution in [0.2, 0.25) is 0 Å². The number of halogens is 1. The van der Waals surface area contributed by atoms with Crippen LogP contribution < -0.4 is 4.31 Å². The molecule has 0 spiro atoms. The molecule has 3 rings (SSSR count). The number of fused-ring (bicyclic) bond motifs is 1. The van der Waals surface area contributed by atoms with Gasteiger partial charge in [-0.05, 0) is 53.6 Å². The number of hydrogen-bond donors (Lipinski definition) is 0. The summed E-state index contributed by atoms with van der Waals surface area (Å²) in [5.41, 5.74) is 1.63. The highest BCUT2D eigenvalue weighted by atomic mass is 79.9. The Morgan fingerprint density at radius 1 is 0.913 bits per heavy atom. The summed E-state index contributed by atoms with van der Waals surface area (Å²) >= 11 is 3.43. The van der Waals surface area contributed by atoms with Gasteiger partial charge in [0.1, 0.15) is 0 Å². The first-order valence-corrected chi connectivity index (χ1v) is 9.37. The summed E-state index contributed by atoms with van der Waals surface area (Å²) in [6, 6.07) is 18.4. The summed E-state index contributed by atoms with van der Waals surface area (Å²) < 4.78 is 28.0. The van der Waals surface area contributed by atoms with Crippen molar-refractivity contribution in [1.82, 2.24) is 0 Å². The van der Waals surface area contributed by atoms with Gasteiger partial charge >= 0.3 is 0 Å². The molecule has 0 aromatic heterocycles. The van der Waals surface area contributed by atoms with E-state index >= 15 is 0 Å². The van der Waals surface area contributed by atoms with Crippen LogP contribution in [-0.4, -0.2) is 15.5 Å². The molecule has 118 valence electrons. The van der Waals surface area contributed by atoms with Gasteiger partial charge in [0.25, 0.3) is 10.0 Å². The van der Waals surface area contributed by atoms with E-state index in [0.29, 0.717) is 10.6 Å². The van der Waals surface area contributed by atoms with Crippen molar-refractivity contribution < 1.29 is 8.42 Å². The van der Waals surface area contributed by atoms with Crippen molar-refractivity contribution in [3.63, 3.8) is 0 Å². The van der Waals surface area contributed by atoms with E-state index < -0.39 is 10.0 Å². The molecule has 3 aromatic carbocycles. The standard InChI is InChI=1S/C18H16BrNO2S/c1-13-11-16(8-10-18(13)19)20(2)23(21,22)17-9-7-14-5-3-4-6-15(14)12-17/h3-12H,1-2H3. The second-order valence-electron chi connectivity index (χ2n) is 5.41. The Kier molecular flexibility index (Phi) is 4.17. The molecular weight excluding hydrogens is 374 g/mol. The van der Waals surface area contributed by atoms with E-state index in [1.165, 1.54) is 4.31 Å². The van der Waals surface area contributed by atoms with Gasteiger partial charge in [0.2, 0.25) is 0 Å². The molecular formula is C18H16BrNO2S. The minimum absolute atomic E-state index is 0.291. The van der Waals surface area contributed by atoms with Crippen LogP contribution in [0.15, 0.2) is 70.0 Å². The first kappa shape index (κ1) is 16.0. The van der Waals surface area contributed by atoms with E-state index in [4.69, 9.17) is 0 Å². The number of aryl methyl sites for hydroxylation is 1. The van der Waals surface area contributed by atoms with Gasteiger partial charge in [-0.2, -0.15) is 0 Å². The van der Waals surface area contributed by atoms with Crippen LogP contribution >= 0.6 is 15.9 Å². The van der Waals surface area contributed by atoms with Gasteiger partial charge in [0, 0.05) is 11.5 Å². The normalized spacial score (nSPS) is 11.6. The monoisotopic (exact) mass is 389 g/mol. The van der Waals surface area contributed by atoms with Crippen LogP contribution in [-0.2, 0) is 10.0 Å². The fourth-order valence-corrected chi connectivity index (χ4v) is 3.92. The molecule has 0 aliphatic heterocycles. The maximum absolute atomic E-state index is 12.9. The smallest absolute Gasteiger partial charge is 0.264 e. The second-order valence-corrected chi connectivity index (χ2v) is 8.24. The van der Waals surface area contributed by atoms with Crippen LogP contribution in [0.3, 0.4) is 0 Å². The van der Waals surface area contributed by atoms with Gasteiger partial charge in [-0.15, -0.1) is 0 Å². The van der Waals surface area contributed by atoms with Crippen molar-refractivity contribution in [1.29, 1.82) is 0 Å². The zero-order chi connectivity index (χ0) is 16.6. The molecule has 0 amide bonds. The average molecular weight is 390 g/mol. The average Bonchev–Trinajstić information content (AvgIpc) is 2.56. The highest BCUT2D eigenvalue weighted by Gasteiger charge is 2.21. The molecule has 0 aliphatic carbocycles. The Morgan fingerprint density at radius 2 is 1.61 bits per heavy atom. The zero-order valence-electron chi connectivity index (χ0n) is 12.8. The third-order valence-electron chi connectivity index (χ3n) is 3.88. The third kappa shape index (κ3) is 2.99. The largest absolute Gasteiger partial charge is 0.269 e. The summed E-state index contributed by atoms with van der Waals surface area (Å²) in [4.78, 5) is 0.291. The minimum atomic E-state index is -3.60. The molecule has 3 aromatic rings. The predicted octanol–water partition coefficient (Wildman–Crippen LogP) is 4.74. The van der Waals surface area contributed by atoms with Crippen LogP contribution in [0.25, 0.3) is 10.8 Å². The molecule has 0 unspecified atom stereocenters. The van der Waals surface area contributed by atoms with Crippen LogP contribution in [0, 0.1) is 6.92 Å². The number of nitrogens with zero attached hydrogens (tertiary/aromatic N) is 1. The van der Waals surface area contributed by atoms with Gasteiger partial charge in [-0.25, -0.2) is 8.42 Å². The van der Waals surface area contributed by atoms with Crippen molar-refractivity contribution in [2.45, 2.75) is 11.8 Å². The summed E-state index contributed by atoms with van der Waals surface area (Å²) in [5, 5.41) is 1.93. The summed E-state index contributed by atoms with van der Waals surface area (Å²) in [5.74, 6) is 0. The maximum atomic E-state index is 12.9. The lowest BCUT2D eigenvalue weighted by molar-refractivity contribution is 0.594. The molecule has 23 heavy (non-hydrogen) atoms. The Balaban J connectivity index is 2.06. The molecule has 0 bridgehead atoms. The fourth-order valence-electron chi connectivity index (χ4n) is 2.45. The van der Waals surface area contributed by atoms with Gasteiger partial charge in [-0.3, -0.25) is 4.31 Å². The first-order chi connectivity index (χ1) is 10.9. The molecule has 0 atom stereocenters. The lowest BCUT2D eigenvalue weighted by Gasteiger charge is -2.20. The van der Waals surface area contributed by atoms with Gasteiger partial charge < -0.3 is 0 Å². The van der Waals surface area contributed by atoms with Crippen molar-refractivity contribution >= 4 is 42.4 Å². The van der Waals surface area contributed by atoms with Crippen LogP contribution in [0.4, 0.5) is 5.69 Å². The molecule has 0 saturated carbocycles. The summed E-state index contributed by atoms with van der Waals surface area (Å²) in [6.45, 7) is 1.93. The van der Waals surface area contributed by atoms with Gasteiger partial charge in [0.15, 0.2) is 0 Å². The Morgan fingerprint density at radius 3 is 2.30 bits per heavy atom. The number of rotatable bonds is 3. The van der Waals surface area contributed by atoms with Crippen molar-refractivity contribution in [2.24, 2.45) is 0 Å². The Bertz CT molecular complexity index is 983. The van der Waals surface area contributed by atoms with Crippen molar-refractivity contribution in [3.05, 3.63) is 70.7 Å². The fraction of sp³-hybridized carbons (Fsp3) is 0.111. The quantitative estimate of drug-likeness (QED) is 0.648. The molecule has 5 heteroatoms. The molecule has 0 heterocycles. The molecule has 0 saturated heterocycles. The number of hydrogen-bond acceptors (Lipinski definition) is 2. The molecule has 0 aliphatic rings. The van der Waals surface area contributed by atoms with E-state index in [1.54, 1.807) is 25.2 Å². The lowest BCUT2D eigenvalue weighted by Crippen LogP contribution is -2.26. The zero-order valence-corrected chi connectivity index (χ0v) is 15.2. The maximum Gasteiger partial charge on any atom is 0.264 e. The number of sulfonamides is 1. The van der Waals surface area contributed by atoms with Gasteiger partial charge in [-0.1, -0.05) is 46.3 Å². The van der Waals surface area contributed by atoms with E-state index in [-0.39, 0.29) is 0 Å². The number of benzene rings is 3. The third-order valence-corrected chi connectivity index (χ3v) is 6.56. The highest BCUT2D eigenvalue weighted by Crippen LogP contribution is 2.27. The minimum Gasteiger partial charge on any atom is -0.269 e. The van der Waals surface area contributed by atoms with E-state index in [0.717, 1.165) is 20.8 Å². The second kappa shape index (κ2) is 5.98. The van der Waals surface area contributed by atoms with E-state index in [9.17, 15) is 8.42 Å². The Hall–Kier alpha value is -1.85. The predicted molar refractivity (Wildman–Crippen MR) is 98.4 cm³/mol. The van der Waals surface area contributed by atoms with Crippen molar-refractivity contribution in [2.75, 3.05) is 11.4 Å². The summed E-state index contributed by atoms with van der Waals surface area (Å²) in [6.07, 6.45) is 0. The van der Waals surface area contributed by atoms with E-state index in [1.807, 2.05) is 49.4 Å². The first-order valence-electron chi connectivity index (χ1n) is 7.13. The van der Waals surface area contributed by atoms with Gasteiger partial charge in [0.05, 0.1) is 10.6 Å². The molecule has 0 fully saturated rings.